The molecular weight excluding hydrogens is 485 g/mol. The Hall–Kier alpha value is -3.63. The minimum absolute atomic E-state index is 0.0190. The second-order valence-electron chi connectivity index (χ2n) is 7.87. The van der Waals surface area contributed by atoms with Crippen LogP contribution in [0.15, 0.2) is 59.5 Å². The van der Waals surface area contributed by atoms with Gasteiger partial charge in [0.25, 0.3) is 11.5 Å². The highest BCUT2D eigenvalue weighted by molar-refractivity contribution is 6.31. The summed E-state index contributed by atoms with van der Waals surface area (Å²) in [5.41, 5.74) is -2.06. The van der Waals surface area contributed by atoms with Gasteiger partial charge in [-0.05, 0) is 35.7 Å². The lowest BCUT2D eigenvalue weighted by atomic mass is 10.1. The molecule has 1 amide bonds. The quantitative estimate of drug-likeness (QED) is 0.395. The lowest BCUT2D eigenvalue weighted by Gasteiger charge is -2.18. The molecule has 0 aliphatic carbocycles. The molecule has 2 heterocycles. The van der Waals surface area contributed by atoms with Gasteiger partial charge in [0.2, 0.25) is 0 Å². The predicted octanol–water partition coefficient (Wildman–Crippen LogP) is 4.79. The van der Waals surface area contributed by atoms with Crippen molar-refractivity contribution in [3.63, 3.8) is 0 Å². The third-order valence-electron chi connectivity index (χ3n) is 5.43. The normalized spacial score (nSPS) is 12.6. The molecule has 4 aromatic rings. The monoisotopic (exact) mass is 504 g/mol. The number of nitrogens with one attached hydrogen (secondary N) is 2. The van der Waals surface area contributed by atoms with E-state index in [9.17, 15) is 22.8 Å². The van der Waals surface area contributed by atoms with Crippen LogP contribution in [-0.4, -0.2) is 34.2 Å². The van der Waals surface area contributed by atoms with Crippen LogP contribution in [0.1, 0.15) is 33.2 Å². The predicted molar refractivity (Wildman–Crippen MR) is 125 cm³/mol. The summed E-state index contributed by atoms with van der Waals surface area (Å²) in [4.78, 5) is 28.3. The van der Waals surface area contributed by atoms with E-state index in [1.807, 2.05) is 0 Å². The molecule has 0 fully saturated rings. The van der Waals surface area contributed by atoms with Crippen molar-refractivity contribution in [2.75, 3.05) is 13.7 Å². The van der Waals surface area contributed by atoms with Gasteiger partial charge >= 0.3 is 6.18 Å². The van der Waals surface area contributed by atoms with E-state index in [4.69, 9.17) is 16.3 Å². The number of halogens is 4. The van der Waals surface area contributed by atoms with Crippen LogP contribution in [-0.2, 0) is 10.9 Å². The van der Waals surface area contributed by atoms with Gasteiger partial charge in [0, 0.05) is 12.1 Å². The second kappa shape index (κ2) is 9.55. The molecule has 0 aliphatic rings. The number of nitrogens with zero attached hydrogens (tertiary/aromatic N) is 2. The number of aromatic amines is 1. The molecule has 0 bridgehead atoms. The number of amides is 1. The lowest BCUT2D eigenvalue weighted by molar-refractivity contribution is -0.136. The summed E-state index contributed by atoms with van der Waals surface area (Å²) in [6.07, 6.45) is -3.78. The second-order valence-corrected chi connectivity index (χ2v) is 8.27. The molecule has 0 saturated heterocycles. The number of alkyl halides is 3. The Morgan fingerprint density at radius 2 is 1.94 bits per heavy atom. The van der Waals surface area contributed by atoms with E-state index in [0.29, 0.717) is 21.7 Å². The topological polar surface area (TPSA) is 88.5 Å². The SMILES string of the molecule is COC[C@@H](NC(=O)c1nn2cc(-c3ccc(Cl)c(C)c3)[nH]c(=O)c2c1C(F)(F)F)c1ccccc1. The molecule has 0 aliphatic heterocycles. The van der Waals surface area contributed by atoms with Crippen LogP contribution in [0.4, 0.5) is 13.2 Å². The third kappa shape index (κ3) is 4.94. The molecule has 0 saturated carbocycles. The maximum atomic E-state index is 14.1. The molecule has 35 heavy (non-hydrogen) atoms. The van der Waals surface area contributed by atoms with Crippen LogP contribution in [0.2, 0.25) is 5.02 Å². The summed E-state index contributed by atoms with van der Waals surface area (Å²) in [6.45, 7) is 1.77. The van der Waals surface area contributed by atoms with Crippen molar-refractivity contribution < 1.29 is 22.7 Å². The molecular formula is C24H20ClF3N4O3. The van der Waals surface area contributed by atoms with Gasteiger partial charge in [-0.15, -0.1) is 0 Å². The first-order chi connectivity index (χ1) is 16.6. The summed E-state index contributed by atoms with van der Waals surface area (Å²) in [5, 5.41) is 6.91. The van der Waals surface area contributed by atoms with E-state index in [2.05, 4.69) is 15.4 Å². The van der Waals surface area contributed by atoms with Crippen molar-refractivity contribution in [1.29, 1.82) is 0 Å². The number of hydrogen-bond acceptors (Lipinski definition) is 4. The summed E-state index contributed by atoms with van der Waals surface area (Å²) in [7, 11) is 1.41. The van der Waals surface area contributed by atoms with Crippen LogP contribution < -0.4 is 10.9 Å². The lowest BCUT2D eigenvalue weighted by Crippen LogP contribution is -2.33. The van der Waals surface area contributed by atoms with Crippen molar-refractivity contribution in [1.82, 2.24) is 19.9 Å². The Balaban J connectivity index is 1.82. The van der Waals surface area contributed by atoms with Gasteiger partial charge in [-0.2, -0.15) is 18.3 Å². The molecule has 0 spiro atoms. The van der Waals surface area contributed by atoms with Crippen LogP contribution in [0, 0.1) is 6.92 Å². The number of aryl methyl sites for hydroxylation is 1. The van der Waals surface area contributed by atoms with Crippen molar-refractivity contribution in [3.8, 4) is 11.3 Å². The average molecular weight is 505 g/mol. The Labute approximate surface area is 202 Å². The zero-order valence-corrected chi connectivity index (χ0v) is 19.4. The molecule has 7 nitrogen and oxygen atoms in total. The Morgan fingerprint density at radius 1 is 1.23 bits per heavy atom. The van der Waals surface area contributed by atoms with Crippen molar-refractivity contribution in [3.05, 3.63) is 92.5 Å². The highest BCUT2D eigenvalue weighted by Gasteiger charge is 2.42. The summed E-state index contributed by atoms with van der Waals surface area (Å²) >= 11 is 6.04. The summed E-state index contributed by atoms with van der Waals surface area (Å²) in [6, 6.07) is 12.8. The van der Waals surface area contributed by atoms with E-state index >= 15 is 0 Å². The fourth-order valence-electron chi connectivity index (χ4n) is 3.77. The van der Waals surface area contributed by atoms with Gasteiger partial charge in [0.1, 0.15) is 11.1 Å². The first-order valence-electron chi connectivity index (χ1n) is 10.4. The maximum Gasteiger partial charge on any atom is 0.421 e. The number of rotatable bonds is 6. The number of carbonyl (C=O) groups excluding carboxylic acids is 1. The van der Waals surface area contributed by atoms with E-state index in [1.54, 1.807) is 55.5 Å². The third-order valence-corrected chi connectivity index (χ3v) is 5.86. The van der Waals surface area contributed by atoms with Crippen LogP contribution in [0.5, 0.6) is 0 Å². The highest BCUT2D eigenvalue weighted by Crippen LogP contribution is 2.35. The standard InChI is InChI=1S/C24H20ClF3N4O3/c1-13-10-15(8-9-16(13)25)17-11-32-21(23(34)29-17)19(24(26,27)28)20(31-32)22(33)30-18(12-35-2)14-6-4-3-5-7-14/h3-11,18H,12H2,1-2H3,(H,29,34)(H,30,33)/t18-/m1/s1. The van der Waals surface area contributed by atoms with Crippen molar-refractivity contribution in [2.45, 2.75) is 19.1 Å². The maximum absolute atomic E-state index is 14.1. The van der Waals surface area contributed by atoms with E-state index in [1.165, 1.54) is 13.3 Å². The van der Waals surface area contributed by atoms with Crippen LogP contribution in [0.25, 0.3) is 16.8 Å². The number of ether oxygens (including phenoxy) is 1. The molecule has 2 N–H and O–H groups in total. The molecule has 182 valence electrons. The number of benzene rings is 2. The fourth-order valence-corrected chi connectivity index (χ4v) is 3.89. The van der Waals surface area contributed by atoms with Gasteiger partial charge < -0.3 is 15.0 Å². The molecule has 1 atom stereocenters. The van der Waals surface area contributed by atoms with Gasteiger partial charge in [-0.3, -0.25) is 9.59 Å². The van der Waals surface area contributed by atoms with Crippen LogP contribution in [0.3, 0.4) is 0 Å². The Kier molecular flexibility index (Phi) is 6.68. The highest BCUT2D eigenvalue weighted by atomic mass is 35.5. The molecule has 2 aromatic heterocycles. The fraction of sp³-hybridized carbons (Fsp3) is 0.208. The van der Waals surface area contributed by atoms with Crippen LogP contribution >= 0.6 is 11.6 Å². The largest absolute Gasteiger partial charge is 0.421 e. The van der Waals surface area contributed by atoms with E-state index in [-0.39, 0.29) is 12.3 Å². The molecule has 11 heteroatoms. The van der Waals surface area contributed by atoms with E-state index in [0.717, 1.165) is 4.52 Å². The van der Waals surface area contributed by atoms with E-state index < -0.39 is 40.5 Å². The molecule has 2 aromatic carbocycles. The minimum atomic E-state index is -5.01. The zero-order valence-electron chi connectivity index (χ0n) is 18.6. The van der Waals surface area contributed by atoms with Gasteiger partial charge in [-0.25, -0.2) is 4.52 Å². The van der Waals surface area contributed by atoms with Crippen molar-refractivity contribution in [2.24, 2.45) is 0 Å². The Morgan fingerprint density at radius 3 is 2.57 bits per heavy atom. The summed E-state index contributed by atoms with van der Waals surface area (Å²) in [5.74, 6) is -1.09. The molecule has 0 unspecified atom stereocenters. The van der Waals surface area contributed by atoms with Gasteiger partial charge in [0.15, 0.2) is 5.69 Å². The number of methoxy groups -OCH3 is 1. The van der Waals surface area contributed by atoms with Gasteiger partial charge in [0.05, 0.1) is 24.5 Å². The van der Waals surface area contributed by atoms with Crippen molar-refractivity contribution >= 4 is 23.0 Å². The number of H-pyrrole nitrogens is 1. The smallest absolute Gasteiger partial charge is 0.382 e. The van der Waals surface area contributed by atoms with Gasteiger partial charge in [-0.1, -0.05) is 48.0 Å². The number of aromatic nitrogens is 3. The summed E-state index contributed by atoms with van der Waals surface area (Å²) < 4.78 is 48.1. The zero-order chi connectivity index (χ0) is 25.3. The number of carbonyl (C=O) groups is 1. The molecule has 0 radical (unpaired) electrons. The number of fused-ring (bicyclic) bond motifs is 1. The first-order valence-corrected chi connectivity index (χ1v) is 10.8. The number of hydrogen-bond donors (Lipinski definition) is 2. The Bertz CT molecular complexity index is 1450. The first kappa shape index (κ1) is 24.5. The average Bonchev–Trinajstić information content (AvgIpc) is 3.22. The molecule has 4 rings (SSSR count). The minimum Gasteiger partial charge on any atom is -0.382 e.